The molecule has 1 aliphatic rings. The van der Waals surface area contributed by atoms with Gasteiger partial charge in [0, 0.05) is 17.9 Å². The van der Waals surface area contributed by atoms with E-state index in [4.69, 9.17) is 4.74 Å². The quantitative estimate of drug-likeness (QED) is 0.826. The smallest absolute Gasteiger partial charge is 0.276 e. The lowest BCUT2D eigenvalue weighted by molar-refractivity contribution is -0.134. The van der Waals surface area contributed by atoms with E-state index in [0.29, 0.717) is 23.6 Å². The van der Waals surface area contributed by atoms with Crippen LogP contribution < -0.4 is 15.4 Å². The molecule has 0 radical (unpaired) electrons. The summed E-state index contributed by atoms with van der Waals surface area (Å²) in [4.78, 5) is 22.9. The third-order valence-electron chi connectivity index (χ3n) is 3.45. The monoisotopic (exact) mass is 314 g/mol. The van der Waals surface area contributed by atoms with Crippen molar-refractivity contribution >= 4 is 17.5 Å². The van der Waals surface area contributed by atoms with Gasteiger partial charge in [-0.2, -0.15) is 5.10 Å². The summed E-state index contributed by atoms with van der Waals surface area (Å²) < 4.78 is 7.27. The standard InChI is InChI=1S/C16H18N4O3/c1-10(2)20-8-7-13(19-20)16(22)17-11-3-5-12(6-4-11)23-15-9-14(21)18-15/h3-8,10,15H,9H2,1-2H3,(H,17,22)(H,18,21)/t15-/m1/s1. The SMILES string of the molecule is CC(C)n1ccc(C(=O)Nc2ccc(O[C@@H]3CC(=O)N3)cc2)n1. The molecule has 0 spiro atoms. The van der Waals surface area contributed by atoms with Crippen LogP contribution in [0.5, 0.6) is 5.75 Å². The summed E-state index contributed by atoms with van der Waals surface area (Å²) in [5.74, 6) is 0.362. The number of rotatable bonds is 5. The summed E-state index contributed by atoms with van der Waals surface area (Å²) >= 11 is 0. The van der Waals surface area contributed by atoms with Crippen LogP contribution in [-0.2, 0) is 4.79 Å². The fourth-order valence-corrected chi connectivity index (χ4v) is 2.12. The van der Waals surface area contributed by atoms with E-state index in [9.17, 15) is 9.59 Å². The molecule has 7 nitrogen and oxygen atoms in total. The van der Waals surface area contributed by atoms with Crippen molar-refractivity contribution in [3.8, 4) is 5.75 Å². The Morgan fingerprint density at radius 1 is 1.35 bits per heavy atom. The van der Waals surface area contributed by atoms with Crippen molar-refractivity contribution in [3.05, 3.63) is 42.2 Å². The Labute approximate surface area is 133 Å². The first-order chi connectivity index (χ1) is 11.0. The second-order valence-corrected chi connectivity index (χ2v) is 5.63. The first-order valence-electron chi connectivity index (χ1n) is 7.44. The van der Waals surface area contributed by atoms with E-state index in [0.717, 1.165) is 0 Å². The second-order valence-electron chi connectivity index (χ2n) is 5.63. The molecule has 2 aromatic rings. The first kappa shape index (κ1) is 15.1. The van der Waals surface area contributed by atoms with Crippen molar-refractivity contribution in [2.24, 2.45) is 0 Å². The maximum Gasteiger partial charge on any atom is 0.276 e. The number of nitrogens with zero attached hydrogens (tertiary/aromatic N) is 2. The summed E-state index contributed by atoms with van der Waals surface area (Å²) in [6.45, 7) is 4.00. The number of carbonyl (C=O) groups excluding carboxylic acids is 2. The zero-order valence-corrected chi connectivity index (χ0v) is 12.9. The van der Waals surface area contributed by atoms with Gasteiger partial charge < -0.3 is 15.4 Å². The number of anilines is 1. The predicted molar refractivity (Wildman–Crippen MR) is 84.2 cm³/mol. The molecule has 2 amide bonds. The van der Waals surface area contributed by atoms with E-state index in [1.54, 1.807) is 41.2 Å². The number of nitrogens with one attached hydrogen (secondary N) is 2. The normalized spacial score (nSPS) is 16.7. The van der Waals surface area contributed by atoms with Crippen LogP contribution >= 0.6 is 0 Å². The summed E-state index contributed by atoms with van der Waals surface area (Å²) in [5.41, 5.74) is 1.02. The number of aromatic nitrogens is 2. The topological polar surface area (TPSA) is 85.2 Å². The Morgan fingerprint density at radius 2 is 2.04 bits per heavy atom. The largest absolute Gasteiger partial charge is 0.470 e. The zero-order chi connectivity index (χ0) is 16.4. The highest BCUT2D eigenvalue weighted by atomic mass is 16.5. The number of hydrogen-bond donors (Lipinski definition) is 2. The van der Waals surface area contributed by atoms with Crippen molar-refractivity contribution in [2.75, 3.05) is 5.32 Å². The molecule has 1 fully saturated rings. The van der Waals surface area contributed by atoms with Crippen LogP contribution in [0, 0.1) is 0 Å². The molecule has 120 valence electrons. The molecule has 23 heavy (non-hydrogen) atoms. The Hall–Kier alpha value is -2.83. The van der Waals surface area contributed by atoms with Gasteiger partial charge in [0.2, 0.25) is 5.91 Å². The van der Waals surface area contributed by atoms with E-state index in [2.05, 4.69) is 15.7 Å². The predicted octanol–water partition coefficient (Wildman–Crippen LogP) is 1.94. The minimum Gasteiger partial charge on any atom is -0.470 e. The lowest BCUT2D eigenvalue weighted by Gasteiger charge is -2.27. The van der Waals surface area contributed by atoms with Crippen LogP contribution in [0.1, 0.15) is 36.8 Å². The fraction of sp³-hybridized carbons (Fsp3) is 0.312. The molecular formula is C16H18N4O3. The average molecular weight is 314 g/mol. The molecule has 1 aromatic carbocycles. The van der Waals surface area contributed by atoms with E-state index < -0.39 is 0 Å². The zero-order valence-electron chi connectivity index (χ0n) is 12.9. The van der Waals surface area contributed by atoms with Gasteiger partial charge in [0.1, 0.15) is 5.75 Å². The summed E-state index contributed by atoms with van der Waals surface area (Å²) in [5, 5.41) is 9.64. The van der Waals surface area contributed by atoms with Gasteiger partial charge in [-0.3, -0.25) is 14.3 Å². The van der Waals surface area contributed by atoms with Crippen molar-refractivity contribution in [1.29, 1.82) is 0 Å². The maximum atomic E-state index is 12.1. The Bertz CT molecular complexity index is 713. The van der Waals surface area contributed by atoms with Gasteiger partial charge in [0.25, 0.3) is 5.91 Å². The van der Waals surface area contributed by atoms with Gasteiger partial charge in [-0.1, -0.05) is 0 Å². The van der Waals surface area contributed by atoms with Crippen LogP contribution in [0.25, 0.3) is 0 Å². The van der Waals surface area contributed by atoms with E-state index in [1.807, 2.05) is 13.8 Å². The van der Waals surface area contributed by atoms with E-state index in [1.165, 1.54) is 0 Å². The van der Waals surface area contributed by atoms with Crippen molar-refractivity contribution in [2.45, 2.75) is 32.5 Å². The van der Waals surface area contributed by atoms with E-state index in [-0.39, 0.29) is 24.1 Å². The van der Waals surface area contributed by atoms with Gasteiger partial charge in [-0.25, -0.2) is 0 Å². The maximum absolute atomic E-state index is 12.1. The van der Waals surface area contributed by atoms with Crippen LogP contribution in [0.3, 0.4) is 0 Å². The lowest BCUT2D eigenvalue weighted by atomic mass is 10.2. The Balaban J connectivity index is 1.58. The minimum atomic E-state index is -0.261. The molecule has 3 rings (SSSR count). The summed E-state index contributed by atoms with van der Waals surface area (Å²) in [7, 11) is 0. The van der Waals surface area contributed by atoms with Crippen LogP contribution in [0.2, 0.25) is 0 Å². The van der Waals surface area contributed by atoms with Crippen molar-refractivity contribution in [1.82, 2.24) is 15.1 Å². The second kappa shape index (κ2) is 6.12. The number of carbonyl (C=O) groups is 2. The molecule has 2 N–H and O–H groups in total. The number of amides is 2. The number of hydrogen-bond acceptors (Lipinski definition) is 4. The summed E-state index contributed by atoms with van der Waals surface area (Å²) in [6, 6.07) is 8.87. The highest BCUT2D eigenvalue weighted by Crippen LogP contribution is 2.19. The molecule has 0 unspecified atom stereocenters. The Kier molecular flexibility index (Phi) is 4.01. The third kappa shape index (κ3) is 3.50. The van der Waals surface area contributed by atoms with E-state index >= 15 is 0 Å². The lowest BCUT2D eigenvalue weighted by Crippen LogP contribution is -2.51. The molecular weight excluding hydrogens is 296 g/mol. The van der Waals surface area contributed by atoms with Gasteiger partial charge >= 0.3 is 0 Å². The van der Waals surface area contributed by atoms with Crippen LogP contribution in [0.4, 0.5) is 5.69 Å². The highest BCUT2D eigenvalue weighted by Gasteiger charge is 2.26. The molecule has 0 aliphatic carbocycles. The average Bonchev–Trinajstić information content (AvgIpc) is 2.98. The first-order valence-corrected chi connectivity index (χ1v) is 7.44. The van der Waals surface area contributed by atoms with Crippen LogP contribution in [-0.4, -0.2) is 27.8 Å². The number of benzene rings is 1. The molecule has 7 heteroatoms. The summed E-state index contributed by atoms with van der Waals surface area (Å²) in [6.07, 6.45) is 1.89. The molecule has 1 atom stereocenters. The molecule has 2 heterocycles. The minimum absolute atomic E-state index is 0.0141. The van der Waals surface area contributed by atoms with Gasteiger partial charge in [0.05, 0.1) is 6.42 Å². The molecule has 1 aliphatic heterocycles. The fourth-order valence-electron chi connectivity index (χ4n) is 2.12. The third-order valence-corrected chi connectivity index (χ3v) is 3.45. The number of ether oxygens (including phenoxy) is 1. The molecule has 0 saturated carbocycles. The van der Waals surface area contributed by atoms with Crippen molar-refractivity contribution < 1.29 is 14.3 Å². The Morgan fingerprint density at radius 3 is 2.61 bits per heavy atom. The van der Waals surface area contributed by atoms with Gasteiger partial charge in [0.15, 0.2) is 11.9 Å². The van der Waals surface area contributed by atoms with Crippen LogP contribution in [0.15, 0.2) is 36.5 Å². The molecule has 1 aromatic heterocycles. The number of β-lactam (4-membered cyclic amide) rings is 1. The van der Waals surface area contributed by atoms with Crippen molar-refractivity contribution in [3.63, 3.8) is 0 Å². The van der Waals surface area contributed by atoms with Gasteiger partial charge in [-0.05, 0) is 44.2 Å². The molecule has 0 bridgehead atoms. The molecule has 1 saturated heterocycles. The highest BCUT2D eigenvalue weighted by molar-refractivity contribution is 6.02. The van der Waals surface area contributed by atoms with Gasteiger partial charge in [-0.15, -0.1) is 0 Å².